The van der Waals surface area contributed by atoms with Crippen LogP contribution in [-0.2, 0) is 6.54 Å². The summed E-state index contributed by atoms with van der Waals surface area (Å²) in [5.74, 6) is 3.06. The van der Waals surface area contributed by atoms with Crippen LogP contribution in [0.4, 0.5) is 5.69 Å². The zero-order chi connectivity index (χ0) is 21.9. The minimum atomic E-state index is 0.192. The van der Waals surface area contributed by atoms with Crippen molar-refractivity contribution in [2.45, 2.75) is 32.9 Å². The van der Waals surface area contributed by atoms with Crippen LogP contribution < -0.4 is 14.4 Å². The molecule has 1 fully saturated rings. The van der Waals surface area contributed by atoms with Crippen LogP contribution in [0.2, 0.25) is 0 Å². The normalized spacial score (nSPS) is 17.2. The van der Waals surface area contributed by atoms with Gasteiger partial charge in [-0.3, -0.25) is 4.90 Å². The van der Waals surface area contributed by atoms with E-state index in [0.717, 1.165) is 55.5 Å². The van der Waals surface area contributed by atoms with Gasteiger partial charge in [0.25, 0.3) is 0 Å². The van der Waals surface area contributed by atoms with Crippen molar-refractivity contribution >= 4 is 5.69 Å². The Morgan fingerprint density at radius 3 is 2.50 bits per heavy atom. The minimum Gasteiger partial charge on any atom is -0.454 e. The minimum absolute atomic E-state index is 0.192. The highest BCUT2D eigenvalue weighted by Crippen LogP contribution is 2.33. The molecule has 0 aliphatic carbocycles. The number of piperazine rings is 1. The summed E-state index contributed by atoms with van der Waals surface area (Å²) in [6, 6.07) is 16.9. The fourth-order valence-electron chi connectivity index (χ4n) is 4.57. The molecule has 168 valence electrons. The van der Waals surface area contributed by atoms with E-state index in [4.69, 9.17) is 9.47 Å². The molecule has 1 aromatic heterocycles. The van der Waals surface area contributed by atoms with E-state index in [1.165, 1.54) is 5.69 Å². The third-order valence-corrected chi connectivity index (χ3v) is 6.20. The largest absolute Gasteiger partial charge is 0.454 e. The lowest BCUT2D eigenvalue weighted by Gasteiger charge is -2.40. The summed E-state index contributed by atoms with van der Waals surface area (Å²) in [7, 11) is 0. The van der Waals surface area contributed by atoms with E-state index in [9.17, 15) is 0 Å². The summed E-state index contributed by atoms with van der Waals surface area (Å²) in [5, 5.41) is 12.9. The van der Waals surface area contributed by atoms with E-state index < -0.39 is 0 Å². The predicted octanol–water partition coefficient (Wildman–Crippen LogP) is 3.36. The van der Waals surface area contributed by atoms with E-state index >= 15 is 0 Å². The maximum atomic E-state index is 5.53. The highest BCUT2D eigenvalue weighted by atomic mass is 16.7. The van der Waals surface area contributed by atoms with Gasteiger partial charge in [0.1, 0.15) is 0 Å². The molecule has 0 N–H and O–H groups in total. The van der Waals surface area contributed by atoms with Crippen molar-refractivity contribution in [3.8, 4) is 11.5 Å². The lowest BCUT2D eigenvalue weighted by Crippen LogP contribution is -2.48. The fraction of sp³-hybridized carbons (Fsp3) is 0.458. The first-order chi connectivity index (χ1) is 15.7. The maximum absolute atomic E-state index is 5.53. The van der Waals surface area contributed by atoms with E-state index in [-0.39, 0.29) is 12.8 Å². The van der Waals surface area contributed by atoms with Gasteiger partial charge in [0.2, 0.25) is 6.79 Å². The Bertz CT molecular complexity index is 1030. The molecule has 8 heteroatoms. The molecule has 32 heavy (non-hydrogen) atoms. The average Bonchev–Trinajstić information content (AvgIpc) is 3.47. The van der Waals surface area contributed by atoms with Crippen LogP contribution in [0.3, 0.4) is 0 Å². The lowest BCUT2D eigenvalue weighted by atomic mass is 10.0. The second kappa shape index (κ2) is 9.16. The Balaban J connectivity index is 1.33. The zero-order valence-electron chi connectivity index (χ0n) is 18.7. The Morgan fingerprint density at radius 2 is 1.72 bits per heavy atom. The number of ether oxygens (including phenoxy) is 2. The average molecular weight is 435 g/mol. The molecule has 2 aliphatic heterocycles. The fourth-order valence-corrected chi connectivity index (χ4v) is 4.57. The highest BCUT2D eigenvalue weighted by Gasteiger charge is 2.30. The van der Waals surface area contributed by atoms with Crippen LogP contribution in [0.25, 0.3) is 0 Å². The Kier molecular flexibility index (Phi) is 5.94. The highest BCUT2D eigenvalue weighted by molar-refractivity contribution is 5.46. The van der Waals surface area contributed by atoms with Crippen molar-refractivity contribution < 1.29 is 9.47 Å². The van der Waals surface area contributed by atoms with Crippen LogP contribution >= 0.6 is 0 Å². The summed E-state index contributed by atoms with van der Waals surface area (Å²) in [6.07, 6.45) is 1.02. The molecule has 0 amide bonds. The van der Waals surface area contributed by atoms with E-state index in [2.05, 4.69) is 75.6 Å². The van der Waals surface area contributed by atoms with Gasteiger partial charge in [-0.1, -0.05) is 38.1 Å². The third kappa shape index (κ3) is 4.41. The van der Waals surface area contributed by atoms with Gasteiger partial charge >= 0.3 is 0 Å². The standard InChI is InChI=1S/C24H30N6O2/c1-18(2)14-21(29-12-10-28(11-13-29)20-6-4-3-5-7-20)24-25-26-27-30(24)16-19-8-9-22-23(15-19)32-17-31-22/h3-9,15,18,21H,10-14,16-17H2,1-2H3. The zero-order valence-corrected chi connectivity index (χ0v) is 18.7. The summed E-state index contributed by atoms with van der Waals surface area (Å²) in [5.41, 5.74) is 2.39. The molecule has 2 aliphatic rings. The summed E-state index contributed by atoms with van der Waals surface area (Å²) in [4.78, 5) is 5.00. The number of benzene rings is 2. The quantitative estimate of drug-likeness (QED) is 0.565. The van der Waals surface area contributed by atoms with Crippen LogP contribution in [0.15, 0.2) is 48.5 Å². The van der Waals surface area contributed by atoms with Gasteiger partial charge in [-0.15, -0.1) is 5.10 Å². The molecule has 3 aromatic rings. The molecule has 2 aromatic carbocycles. The summed E-state index contributed by atoms with van der Waals surface area (Å²) < 4.78 is 12.9. The van der Waals surface area contributed by atoms with Gasteiger partial charge in [0, 0.05) is 31.9 Å². The molecule has 1 saturated heterocycles. The molecular weight excluding hydrogens is 404 g/mol. The Hall–Kier alpha value is -3.13. The van der Waals surface area contributed by atoms with Gasteiger partial charge in [0.15, 0.2) is 17.3 Å². The third-order valence-electron chi connectivity index (χ3n) is 6.20. The lowest BCUT2D eigenvalue weighted by molar-refractivity contribution is 0.153. The number of anilines is 1. The molecular formula is C24H30N6O2. The van der Waals surface area contributed by atoms with Crippen molar-refractivity contribution in [2.24, 2.45) is 5.92 Å². The number of nitrogens with zero attached hydrogens (tertiary/aromatic N) is 6. The van der Waals surface area contributed by atoms with E-state index in [1.807, 2.05) is 16.8 Å². The molecule has 1 unspecified atom stereocenters. The number of aromatic nitrogens is 4. The monoisotopic (exact) mass is 434 g/mol. The molecule has 0 saturated carbocycles. The summed E-state index contributed by atoms with van der Waals surface area (Å²) in [6.45, 7) is 9.40. The smallest absolute Gasteiger partial charge is 0.231 e. The van der Waals surface area contributed by atoms with Crippen molar-refractivity contribution in [1.29, 1.82) is 0 Å². The van der Waals surface area contributed by atoms with Gasteiger partial charge < -0.3 is 14.4 Å². The molecule has 0 radical (unpaired) electrons. The number of fused-ring (bicyclic) bond motifs is 1. The van der Waals surface area contributed by atoms with Crippen LogP contribution in [0.1, 0.15) is 37.7 Å². The maximum Gasteiger partial charge on any atom is 0.231 e. The van der Waals surface area contributed by atoms with Crippen LogP contribution in [-0.4, -0.2) is 58.1 Å². The van der Waals surface area contributed by atoms with Gasteiger partial charge in [0.05, 0.1) is 12.6 Å². The molecule has 1 atom stereocenters. The van der Waals surface area contributed by atoms with Crippen molar-refractivity contribution in [3.05, 3.63) is 59.9 Å². The van der Waals surface area contributed by atoms with Gasteiger partial charge in [-0.25, -0.2) is 4.68 Å². The number of para-hydroxylation sites is 1. The predicted molar refractivity (Wildman–Crippen MR) is 122 cm³/mol. The van der Waals surface area contributed by atoms with E-state index in [0.29, 0.717) is 12.5 Å². The first kappa shape index (κ1) is 20.8. The Labute approximate surface area is 188 Å². The number of hydrogen-bond acceptors (Lipinski definition) is 7. The van der Waals surface area contributed by atoms with Gasteiger partial charge in [-0.05, 0) is 52.6 Å². The second-order valence-corrected chi connectivity index (χ2v) is 8.89. The van der Waals surface area contributed by atoms with Crippen molar-refractivity contribution in [2.75, 3.05) is 37.9 Å². The molecule has 0 spiro atoms. The molecule has 0 bridgehead atoms. The summed E-state index contributed by atoms with van der Waals surface area (Å²) >= 11 is 0. The number of hydrogen-bond donors (Lipinski definition) is 0. The van der Waals surface area contributed by atoms with Crippen molar-refractivity contribution in [1.82, 2.24) is 25.1 Å². The second-order valence-electron chi connectivity index (χ2n) is 8.89. The molecule has 5 rings (SSSR count). The number of rotatable bonds is 7. The Morgan fingerprint density at radius 1 is 0.938 bits per heavy atom. The first-order valence-electron chi connectivity index (χ1n) is 11.4. The first-order valence-corrected chi connectivity index (χ1v) is 11.4. The van der Waals surface area contributed by atoms with Crippen LogP contribution in [0.5, 0.6) is 11.5 Å². The topological polar surface area (TPSA) is 68.5 Å². The van der Waals surface area contributed by atoms with E-state index in [1.54, 1.807) is 0 Å². The van der Waals surface area contributed by atoms with Crippen molar-refractivity contribution in [3.63, 3.8) is 0 Å². The van der Waals surface area contributed by atoms with Gasteiger partial charge in [-0.2, -0.15) is 0 Å². The molecule has 8 nitrogen and oxygen atoms in total. The molecule has 3 heterocycles. The number of tetrazole rings is 1. The van der Waals surface area contributed by atoms with Crippen LogP contribution in [0, 0.1) is 5.92 Å². The SMILES string of the molecule is CC(C)CC(c1nnnn1Cc1ccc2c(c1)OCO2)N1CCN(c2ccccc2)CC1.